The van der Waals surface area contributed by atoms with Crippen LogP contribution in [0, 0.1) is 3.57 Å². The number of carbonyl (C=O) groups excluding carboxylic acids is 3. The Morgan fingerprint density at radius 3 is 2.65 bits per heavy atom. The maximum atomic E-state index is 12.7. The third kappa shape index (κ3) is 6.97. The molecule has 3 rings (SSSR count). The highest BCUT2D eigenvalue weighted by atomic mass is 127. The summed E-state index contributed by atoms with van der Waals surface area (Å²) in [5, 5.41) is 2.48. The van der Waals surface area contributed by atoms with Crippen molar-refractivity contribution in [3.63, 3.8) is 0 Å². The summed E-state index contributed by atoms with van der Waals surface area (Å²) in [6.07, 6.45) is 2.25. The fraction of sp³-hybridized carbons (Fsp3) is 0.292. The summed E-state index contributed by atoms with van der Waals surface area (Å²) in [7, 11) is 1.58. The summed E-state index contributed by atoms with van der Waals surface area (Å²) in [6, 6.07) is 12.7. The molecule has 34 heavy (non-hydrogen) atoms. The molecular weight excluding hydrogens is 571 g/mol. The van der Waals surface area contributed by atoms with Crippen LogP contribution < -0.4 is 14.8 Å². The van der Waals surface area contributed by atoms with E-state index in [4.69, 9.17) is 14.2 Å². The Morgan fingerprint density at radius 1 is 1.18 bits per heavy atom. The second-order valence-corrected chi connectivity index (χ2v) is 9.30. The number of amides is 3. The smallest absolute Gasteiger partial charge is 0.293 e. The summed E-state index contributed by atoms with van der Waals surface area (Å²) >= 11 is 3.00. The zero-order chi connectivity index (χ0) is 24.5. The van der Waals surface area contributed by atoms with Crippen LogP contribution in [0.2, 0.25) is 0 Å². The van der Waals surface area contributed by atoms with Crippen molar-refractivity contribution in [2.24, 2.45) is 0 Å². The maximum absolute atomic E-state index is 12.7. The normalized spacial score (nSPS) is 14.6. The molecule has 1 N–H and O–H groups in total. The Bertz CT molecular complexity index is 1080. The Labute approximate surface area is 216 Å². The number of anilines is 1. The molecule has 1 fully saturated rings. The zero-order valence-electron chi connectivity index (χ0n) is 18.8. The number of hydrogen-bond donors (Lipinski definition) is 1. The van der Waals surface area contributed by atoms with E-state index in [0.29, 0.717) is 57.4 Å². The lowest BCUT2D eigenvalue weighted by atomic mass is 10.2. The summed E-state index contributed by atoms with van der Waals surface area (Å²) in [4.78, 5) is 38.8. The Kier molecular flexibility index (Phi) is 9.78. The van der Waals surface area contributed by atoms with E-state index >= 15 is 0 Å². The topological polar surface area (TPSA) is 94.2 Å². The molecule has 1 aliphatic heterocycles. The van der Waals surface area contributed by atoms with Crippen LogP contribution in [0.15, 0.2) is 47.4 Å². The van der Waals surface area contributed by atoms with Gasteiger partial charge in [0.1, 0.15) is 0 Å². The lowest BCUT2D eigenvalue weighted by Crippen LogP contribution is -2.29. The van der Waals surface area contributed by atoms with Gasteiger partial charge in [-0.25, -0.2) is 0 Å². The molecule has 1 heterocycles. The number of thioether (sulfide) groups is 1. The molecule has 0 aliphatic carbocycles. The number of nitrogens with one attached hydrogen (secondary N) is 1. The molecule has 0 atom stereocenters. The van der Waals surface area contributed by atoms with E-state index < -0.39 is 0 Å². The van der Waals surface area contributed by atoms with E-state index in [9.17, 15) is 14.4 Å². The number of nitrogens with zero attached hydrogens (tertiary/aromatic N) is 1. The molecule has 2 aromatic rings. The fourth-order valence-corrected chi connectivity index (χ4v) is 4.79. The molecule has 0 aromatic heterocycles. The van der Waals surface area contributed by atoms with Crippen molar-refractivity contribution in [2.45, 2.75) is 13.3 Å². The van der Waals surface area contributed by atoms with Gasteiger partial charge in [0.2, 0.25) is 0 Å². The lowest BCUT2D eigenvalue weighted by molar-refractivity contribution is -0.123. The SMILES string of the molecule is CCOc1cc(/C=C2/SC(=O)N(CCCOC)C2=O)cc(I)c1OCC(=O)Nc1ccccc1. The third-order valence-electron chi connectivity index (χ3n) is 4.64. The molecule has 0 unspecified atom stereocenters. The van der Waals surface area contributed by atoms with Crippen LogP contribution in [0.1, 0.15) is 18.9 Å². The second kappa shape index (κ2) is 12.8. The number of benzene rings is 2. The van der Waals surface area contributed by atoms with Crippen molar-refractivity contribution in [3.05, 3.63) is 56.5 Å². The van der Waals surface area contributed by atoms with E-state index in [-0.39, 0.29) is 23.7 Å². The van der Waals surface area contributed by atoms with E-state index in [1.54, 1.807) is 31.4 Å². The highest BCUT2D eigenvalue weighted by Crippen LogP contribution is 2.37. The number of imide groups is 1. The monoisotopic (exact) mass is 596 g/mol. The van der Waals surface area contributed by atoms with Gasteiger partial charge in [-0.1, -0.05) is 18.2 Å². The van der Waals surface area contributed by atoms with Crippen molar-refractivity contribution in [2.75, 3.05) is 38.8 Å². The minimum Gasteiger partial charge on any atom is -0.490 e. The highest BCUT2D eigenvalue weighted by molar-refractivity contribution is 14.1. The van der Waals surface area contributed by atoms with Gasteiger partial charge in [0.15, 0.2) is 18.1 Å². The number of methoxy groups -OCH3 is 1. The van der Waals surface area contributed by atoms with Crippen molar-refractivity contribution in [1.29, 1.82) is 0 Å². The Morgan fingerprint density at radius 2 is 1.94 bits per heavy atom. The van der Waals surface area contributed by atoms with Gasteiger partial charge in [0.25, 0.3) is 17.1 Å². The molecule has 0 spiro atoms. The predicted molar refractivity (Wildman–Crippen MR) is 140 cm³/mol. The van der Waals surface area contributed by atoms with Crippen LogP contribution >= 0.6 is 34.4 Å². The minimum atomic E-state index is -0.322. The largest absolute Gasteiger partial charge is 0.490 e. The van der Waals surface area contributed by atoms with Crippen LogP contribution in [0.4, 0.5) is 10.5 Å². The molecule has 180 valence electrons. The van der Waals surface area contributed by atoms with Gasteiger partial charge in [0.05, 0.1) is 15.1 Å². The molecule has 10 heteroatoms. The number of para-hydroxylation sites is 1. The molecule has 1 saturated heterocycles. The molecular formula is C24H25IN2O6S. The second-order valence-electron chi connectivity index (χ2n) is 7.15. The molecule has 3 amide bonds. The van der Waals surface area contributed by atoms with Crippen LogP contribution in [0.5, 0.6) is 11.5 Å². The minimum absolute atomic E-state index is 0.190. The summed E-state index contributed by atoms with van der Waals surface area (Å²) in [5.41, 5.74) is 1.37. The van der Waals surface area contributed by atoms with Crippen molar-refractivity contribution in [1.82, 2.24) is 4.90 Å². The third-order valence-corrected chi connectivity index (χ3v) is 6.35. The molecule has 0 bridgehead atoms. The first-order chi connectivity index (χ1) is 16.4. The fourth-order valence-electron chi connectivity index (χ4n) is 3.14. The zero-order valence-corrected chi connectivity index (χ0v) is 21.8. The number of carbonyl (C=O) groups is 3. The predicted octanol–water partition coefficient (Wildman–Crippen LogP) is 4.78. The van der Waals surface area contributed by atoms with E-state index in [2.05, 4.69) is 27.9 Å². The van der Waals surface area contributed by atoms with Gasteiger partial charge < -0.3 is 19.5 Å². The van der Waals surface area contributed by atoms with Gasteiger partial charge in [-0.15, -0.1) is 0 Å². The first-order valence-corrected chi connectivity index (χ1v) is 12.5. The van der Waals surface area contributed by atoms with Crippen LogP contribution in [-0.4, -0.2) is 55.4 Å². The van der Waals surface area contributed by atoms with Crippen LogP contribution in [0.25, 0.3) is 6.08 Å². The number of hydrogen-bond acceptors (Lipinski definition) is 7. The lowest BCUT2D eigenvalue weighted by Gasteiger charge is -2.15. The van der Waals surface area contributed by atoms with E-state index in [1.807, 2.05) is 31.2 Å². The van der Waals surface area contributed by atoms with E-state index in [1.165, 1.54) is 4.90 Å². The molecule has 0 saturated carbocycles. The number of rotatable bonds is 11. The Hall–Kier alpha value is -2.57. The summed E-state index contributed by atoms with van der Waals surface area (Å²) in [6.45, 7) is 2.83. The van der Waals surface area contributed by atoms with Crippen molar-refractivity contribution in [3.8, 4) is 11.5 Å². The number of ether oxygens (including phenoxy) is 3. The highest BCUT2D eigenvalue weighted by Gasteiger charge is 2.34. The first-order valence-electron chi connectivity index (χ1n) is 10.6. The number of halogens is 1. The average molecular weight is 596 g/mol. The maximum Gasteiger partial charge on any atom is 0.293 e. The average Bonchev–Trinajstić information content (AvgIpc) is 3.07. The Balaban J connectivity index is 1.73. The quantitative estimate of drug-likeness (QED) is 0.227. The van der Waals surface area contributed by atoms with Crippen molar-refractivity contribution >= 4 is 63.2 Å². The molecule has 0 radical (unpaired) electrons. The first kappa shape index (κ1) is 26.0. The summed E-state index contributed by atoms with van der Waals surface area (Å²) < 4.78 is 17.2. The standard InChI is InChI=1S/C24H25IN2O6S/c1-3-32-19-13-16(14-20-23(29)27(24(30)34-20)10-7-11-31-2)12-18(25)22(19)33-15-21(28)26-17-8-5-4-6-9-17/h4-6,8-9,12-14H,3,7,10-11,15H2,1-2H3,(H,26,28)/b20-14+. The van der Waals surface area contributed by atoms with Gasteiger partial charge in [-0.05, 0) is 83.6 Å². The van der Waals surface area contributed by atoms with Crippen molar-refractivity contribution < 1.29 is 28.6 Å². The summed E-state index contributed by atoms with van der Waals surface area (Å²) in [5.74, 6) is 0.274. The van der Waals surface area contributed by atoms with Gasteiger partial charge in [-0.2, -0.15) is 0 Å². The van der Waals surface area contributed by atoms with Gasteiger partial charge in [0, 0.05) is 25.9 Å². The van der Waals surface area contributed by atoms with Gasteiger partial charge >= 0.3 is 0 Å². The van der Waals surface area contributed by atoms with E-state index in [0.717, 1.165) is 11.8 Å². The molecule has 2 aromatic carbocycles. The van der Waals surface area contributed by atoms with Crippen LogP contribution in [-0.2, 0) is 14.3 Å². The molecule has 1 aliphatic rings. The molecule has 8 nitrogen and oxygen atoms in total. The van der Waals surface area contributed by atoms with Gasteiger partial charge in [-0.3, -0.25) is 19.3 Å². The van der Waals surface area contributed by atoms with Crippen LogP contribution in [0.3, 0.4) is 0 Å².